The molecule has 5 heteroatoms. The Kier molecular flexibility index (Phi) is 5.74. The summed E-state index contributed by atoms with van der Waals surface area (Å²) >= 11 is 5.82. The number of halogens is 2. The summed E-state index contributed by atoms with van der Waals surface area (Å²) < 4.78 is 18.8. The van der Waals surface area contributed by atoms with Crippen LogP contribution in [0.25, 0.3) is 0 Å². The van der Waals surface area contributed by atoms with Gasteiger partial charge in [-0.1, -0.05) is 38.3 Å². The number of carbonyl (C=O) groups is 1. The number of benzene rings is 1. The molecule has 114 valence electrons. The molecule has 0 aliphatic carbocycles. The van der Waals surface area contributed by atoms with E-state index in [-0.39, 0.29) is 22.2 Å². The summed E-state index contributed by atoms with van der Waals surface area (Å²) in [5.41, 5.74) is 0.206. The van der Waals surface area contributed by atoms with E-state index in [4.69, 9.17) is 16.0 Å². The van der Waals surface area contributed by atoms with Gasteiger partial charge in [0.1, 0.15) is 5.82 Å². The fourth-order valence-electron chi connectivity index (χ4n) is 1.29. The molecule has 1 rings (SSSR count). The van der Waals surface area contributed by atoms with Crippen molar-refractivity contribution >= 4 is 25.7 Å². The third kappa shape index (κ3) is 4.96. The van der Waals surface area contributed by atoms with Crippen molar-refractivity contribution < 1.29 is 13.6 Å². The molecule has 0 amide bonds. The van der Waals surface area contributed by atoms with Crippen molar-refractivity contribution in [3.8, 4) is 11.8 Å². The predicted molar refractivity (Wildman–Crippen MR) is 86.7 cm³/mol. The lowest BCUT2D eigenvalue weighted by atomic mass is 10.1. The Balaban J connectivity index is 2.70. The lowest BCUT2D eigenvalue weighted by Crippen LogP contribution is -2.40. The Morgan fingerprint density at radius 2 is 2.00 bits per heavy atom. The van der Waals surface area contributed by atoms with Crippen LogP contribution < -0.4 is 0 Å². The molecule has 0 unspecified atom stereocenters. The Hall–Kier alpha value is -1.15. The van der Waals surface area contributed by atoms with Gasteiger partial charge in [0.15, 0.2) is 8.32 Å². The van der Waals surface area contributed by atoms with Crippen LogP contribution in [0.15, 0.2) is 18.2 Å². The van der Waals surface area contributed by atoms with Crippen LogP contribution >= 0.6 is 11.6 Å². The fraction of sp³-hybridized carbons (Fsp3) is 0.438. The van der Waals surface area contributed by atoms with E-state index in [9.17, 15) is 9.18 Å². The quantitative estimate of drug-likeness (QED) is 0.349. The molecule has 0 spiro atoms. The summed E-state index contributed by atoms with van der Waals surface area (Å²) in [6.07, 6.45) is 0. The number of rotatable bonds is 3. The fourth-order valence-corrected chi connectivity index (χ4v) is 2.41. The lowest BCUT2D eigenvalue weighted by Gasteiger charge is -2.35. The minimum absolute atomic E-state index is 0.0691. The van der Waals surface area contributed by atoms with E-state index in [0.717, 1.165) is 6.07 Å². The van der Waals surface area contributed by atoms with E-state index < -0.39 is 19.9 Å². The zero-order valence-electron chi connectivity index (χ0n) is 13.0. The number of Topliss-reactive ketones (excluding diaryl/α,β-unsaturated/α-hetero) is 1. The molecule has 21 heavy (non-hydrogen) atoms. The number of ketones is 1. The maximum atomic E-state index is 12.9. The van der Waals surface area contributed by atoms with Crippen LogP contribution in [0.1, 0.15) is 31.1 Å². The van der Waals surface area contributed by atoms with E-state index in [0.29, 0.717) is 0 Å². The molecule has 0 N–H and O–H groups in total. The van der Waals surface area contributed by atoms with Gasteiger partial charge in [-0.2, -0.15) is 0 Å². The first-order valence-corrected chi connectivity index (χ1v) is 9.95. The second-order valence-corrected chi connectivity index (χ2v) is 11.5. The van der Waals surface area contributed by atoms with E-state index >= 15 is 0 Å². The summed E-state index contributed by atoms with van der Waals surface area (Å²) in [4.78, 5) is 11.9. The van der Waals surface area contributed by atoms with Crippen LogP contribution in [0.4, 0.5) is 4.39 Å². The van der Waals surface area contributed by atoms with E-state index in [1.54, 1.807) is 0 Å². The van der Waals surface area contributed by atoms with Gasteiger partial charge >= 0.3 is 0 Å². The molecule has 1 aromatic rings. The first-order valence-electron chi connectivity index (χ1n) is 6.67. The highest BCUT2D eigenvalue weighted by Gasteiger charge is 2.36. The molecule has 0 fully saturated rings. The average molecular weight is 327 g/mol. The van der Waals surface area contributed by atoms with Crippen molar-refractivity contribution in [2.24, 2.45) is 0 Å². The summed E-state index contributed by atoms with van der Waals surface area (Å²) in [6.45, 7) is 10.9. The molecular weight excluding hydrogens is 307 g/mol. The zero-order chi connectivity index (χ0) is 16.3. The Morgan fingerprint density at radius 3 is 2.52 bits per heavy atom. The Morgan fingerprint density at radius 1 is 1.38 bits per heavy atom. The van der Waals surface area contributed by atoms with Crippen LogP contribution in [-0.2, 0) is 4.43 Å². The smallest absolute Gasteiger partial charge is 0.237 e. The van der Waals surface area contributed by atoms with Crippen molar-refractivity contribution in [3.63, 3.8) is 0 Å². The summed E-state index contributed by atoms with van der Waals surface area (Å²) in [6, 6.07) is 3.62. The molecule has 0 aliphatic rings. The van der Waals surface area contributed by atoms with Gasteiger partial charge in [0.25, 0.3) is 0 Å². The second-order valence-electron chi connectivity index (χ2n) is 6.30. The molecule has 1 aromatic carbocycles. The Bertz CT molecular complexity index is 595. The van der Waals surface area contributed by atoms with Crippen molar-refractivity contribution in [3.05, 3.63) is 34.6 Å². The van der Waals surface area contributed by atoms with E-state index in [1.165, 1.54) is 12.1 Å². The molecule has 0 aliphatic heterocycles. The van der Waals surface area contributed by atoms with Crippen LogP contribution in [0.3, 0.4) is 0 Å². The largest absolute Gasteiger partial charge is 0.406 e. The molecule has 0 bridgehead atoms. The van der Waals surface area contributed by atoms with Gasteiger partial charge in [0, 0.05) is 5.56 Å². The zero-order valence-corrected chi connectivity index (χ0v) is 14.8. The third-order valence-electron chi connectivity index (χ3n) is 3.69. The van der Waals surface area contributed by atoms with Crippen LogP contribution in [0, 0.1) is 17.7 Å². The molecule has 0 aromatic heterocycles. The molecule has 2 nitrogen and oxygen atoms in total. The molecule has 0 radical (unpaired) electrons. The molecule has 0 heterocycles. The monoisotopic (exact) mass is 326 g/mol. The highest BCUT2D eigenvalue weighted by molar-refractivity contribution is 6.74. The van der Waals surface area contributed by atoms with Crippen LogP contribution in [-0.4, -0.2) is 20.7 Å². The molecule has 0 saturated carbocycles. The van der Waals surface area contributed by atoms with Crippen molar-refractivity contribution in [1.82, 2.24) is 0 Å². The van der Waals surface area contributed by atoms with Gasteiger partial charge in [-0.3, -0.25) is 4.79 Å². The minimum atomic E-state index is -1.86. The van der Waals surface area contributed by atoms with Crippen molar-refractivity contribution in [2.45, 2.75) is 38.9 Å². The first kappa shape index (κ1) is 17.9. The third-order valence-corrected chi connectivity index (χ3v) is 8.48. The summed E-state index contributed by atoms with van der Waals surface area (Å²) in [5, 5.41) is 0.165. The van der Waals surface area contributed by atoms with E-state index in [1.807, 2.05) is 0 Å². The van der Waals surface area contributed by atoms with Crippen LogP contribution in [0.5, 0.6) is 0 Å². The number of hydrogen-bond acceptors (Lipinski definition) is 2. The summed E-state index contributed by atoms with van der Waals surface area (Å²) in [5.74, 6) is 4.29. The summed E-state index contributed by atoms with van der Waals surface area (Å²) in [7, 11) is -1.86. The average Bonchev–Trinajstić information content (AvgIpc) is 2.33. The maximum Gasteiger partial charge on any atom is 0.237 e. The predicted octanol–water partition coefficient (Wildman–Crippen LogP) is 4.69. The van der Waals surface area contributed by atoms with Crippen molar-refractivity contribution in [1.29, 1.82) is 0 Å². The van der Waals surface area contributed by atoms with Gasteiger partial charge in [0.05, 0.1) is 11.6 Å². The molecule has 0 atom stereocenters. The minimum Gasteiger partial charge on any atom is -0.406 e. The molecular formula is C16H20ClFO2Si. The lowest BCUT2D eigenvalue weighted by molar-refractivity contribution is 0.105. The van der Waals surface area contributed by atoms with Gasteiger partial charge in [-0.25, -0.2) is 4.39 Å². The SMILES string of the molecule is CC(C)(C)[Si](C)(C)OCC#CC(=O)c1ccc(F)cc1Cl. The maximum absolute atomic E-state index is 12.9. The van der Waals surface area contributed by atoms with Gasteiger partial charge in [0.2, 0.25) is 5.78 Å². The topological polar surface area (TPSA) is 26.3 Å². The van der Waals surface area contributed by atoms with Gasteiger partial charge < -0.3 is 4.43 Å². The normalized spacial score (nSPS) is 11.8. The standard InChI is InChI=1S/C16H20ClFO2Si/c1-16(2,3)21(4,5)20-10-6-7-15(19)13-9-8-12(18)11-14(13)17/h8-9,11H,10H2,1-5H3. The highest BCUT2D eigenvalue weighted by Crippen LogP contribution is 2.36. The van der Waals surface area contributed by atoms with Crippen molar-refractivity contribution in [2.75, 3.05) is 6.61 Å². The second kappa shape index (κ2) is 6.74. The molecule has 0 saturated heterocycles. The number of carbonyl (C=O) groups excluding carboxylic acids is 1. The van der Waals surface area contributed by atoms with E-state index in [2.05, 4.69) is 45.7 Å². The van der Waals surface area contributed by atoms with Gasteiger partial charge in [-0.15, -0.1) is 0 Å². The van der Waals surface area contributed by atoms with Crippen LogP contribution in [0.2, 0.25) is 23.2 Å². The van der Waals surface area contributed by atoms with Gasteiger partial charge in [-0.05, 0) is 42.3 Å². The first-order chi connectivity index (χ1) is 9.54. The number of hydrogen-bond donors (Lipinski definition) is 0. The highest BCUT2D eigenvalue weighted by atomic mass is 35.5. The Labute approximate surface area is 131 Å².